The summed E-state index contributed by atoms with van der Waals surface area (Å²) in [5.41, 5.74) is 1.55. The highest BCUT2D eigenvalue weighted by atomic mass is 16.5. The number of hydrogen-bond acceptors (Lipinski definition) is 4. The summed E-state index contributed by atoms with van der Waals surface area (Å²) >= 11 is 0. The molecule has 0 saturated heterocycles. The first-order valence-corrected chi connectivity index (χ1v) is 7.94. The number of rotatable bonds is 6. The predicted molar refractivity (Wildman–Crippen MR) is 92.6 cm³/mol. The summed E-state index contributed by atoms with van der Waals surface area (Å²) in [6.07, 6.45) is 2.57. The number of aryl methyl sites for hydroxylation is 2. The molecule has 6 heteroatoms. The average molecular weight is 332 g/mol. The largest absolute Gasteiger partial charge is 0.496 e. The van der Waals surface area contributed by atoms with Crippen molar-refractivity contribution in [2.75, 3.05) is 7.11 Å². The molecule has 2 aromatic rings. The van der Waals surface area contributed by atoms with Crippen molar-refractivity contribution < 1.29 is 9.84 Å². The van der Waals surface area contributed by atoms with Crippen molar-refractivity contribution in [3.63, 3.8) is 0 Å². The van der Waals surface area contributed by atoms with Crippen molar-refractivity contribution in [3.05, 3.63) is 61.9 Å². The fraction of sp³-hybridized carbons (Fsp3) is 0.444. The molecule has 2 heterocycles. The van der Waals surface area contributed by atoms with E-state index in [1.54, 1.807) is 51.0 Å². The van der Waals surface area contributed by atoms with Crippen LogP contribution in [0, 0.1) is 6.92 Å². The molecule has 24 heavy (non-hydrogen) atoms. The monoisotopic (exact) mass is 332 g/mol. The Morgan fingerprint density at radius 1 is 1.25 bits per heavy atom. The summed E-state index contributed by atoms with van der Waals surface area (Å²) in [6.45, 7) is 1.74. The van der Waals surface area contributed by atoms with Gasteiger partial charge in [0.15, 0.2) is 0 Å². The topological polar surface area (TPSA) is 73.5 Å². The van der Waals surface area contributed by atoms with Gasteiger partial charge in [-0.3, -0.25) is 9.59 Å². The zero-order chi connectivity index (χ0) is 17.9. The number of methoxy groups -OCH3 is 1. The lowest BCUT2D eigenvalue weighted by Gasteiger charge is -2.14. The van der Waals surface area contributed by atoms with E-state index in [0.717, 1.165) is 5.69 Å². The molecule has 0 bridgehead atoms. The smallest absolute Gasteiger partial charge is 0.257 e. The lowest BCUT2D eigenvalue weighted by molar-refractivity contribution is 0.162. The molecule has 2 rings (SSSR count). The van der Waals surface area contributed by atoms with E-state index in [1.165, 1.54) is 4.57 Å². The first-order valence-electron chi connectivity index (χ1n) is 7.94. The van der Waals surface area contributed by atoms with Crippen LogP contribution in [0.15, 0.2) is 34.0 Å². The summed E-state index contributed by atoms with van der Waals surface area (Å²) in [5, 5.41) is 10.3. The van der Waals surface area contributed by atoms with Crippen LogP contribution < -0.4 is 15.9 Å². The van der Waals surface area contributed by atoms with Crippen molar-refractivity contribution in [1.29, 1.82) is 0 Å². The van der Waals surface area contributed by atoms with E-state index in [0.29, 0.717) is 36.1 Å². The van der Waals surface area contributed by atoms with Crippen molar-refractivity contribution in [1.82, 2.24) is 9.13 Å². The molecule has 1 N–H and O–H groups in total. The third-order valence-electron chi connectivity index (χ3n) is 4.37. The fourth-order valence-corrected chi connectivity index (χ4v) is 2.80. The second-order valence-corrected chi connectivity index (χ2v) is 5.98. The van der Waals surface area contributed by atoms with E-state index in [1.807, 2.05) is 6.07 Å². The van der Waals surface area contributed by atoms with Gasteiger partial charge in [-0.15, -0.1) is 0 Å². The maximum Gasteiger partial charge on any atom is 0.257 e. The van der Waals surface area contributed by atoms with Crippen LogP contribution >= 0.6 is 0 Å². The van der Waals surface area contributed by atoms with Gasteiger partial charge in [0.1, 0.15) is 5.75 Å². The second kappa shape index (κ2) is 7.49. The van der Waals surface area contributed by atoms with Crippen LogP contribution in [0.5, 0.6) is 5.75 Å². The quantitative estimate of drug-likeness (QED) is 0.869. The summed E-state index contributed by atoms with van der Waals surface area (Å²) in [7, 11) is 4.93. The van der Waals surface area contributed by atoms with Gasteiger partial charge in [-0.25, -0.2) is 0 Å². The molecule has 0 aromatic carbocycles. The van der Waals surface area contributed by atoms with Gasteiger partial charge in [0, 0.05) is 37.6 Å². The van der Waals surface area contributed by atoms with Gasteiger partial charge in [-0.2, -0.15) is 0 Å². The molecule has 130 valence electrons. The second-order valence-electron chi connectivity index (χ2n) is 5.98. The number of aliphatic hydroxyl groups is 1. The van der Waals surface area contributed by atoms with Crippen LogP contribution in [0.2, 0.25) is 0 Å². The number of aromatic nitrogens is 2. The molecule has 1 atom stereocenters. The van der Waals surface area contributed by atoms with E-state index in [9.17, 15) is 14.7 Å². The molecular weight excluding hydrogens is 308 g/mol. The predicted octanol–water partition coefficient (Wildman–Crippen LogP) is 1.46. The molecule has 0 aliphatic heterocycles. The molecule has 1 unspecified atom stereocenters. The molecule has 2 aromatic heterocycles. The average Bonchev–Trinajstić information content (AvgIpc) is 2.57. The molecule has 0 amide bonds. The SMILES string of the molecule is COc1cc(CCCC(O)c2cccn(C)c2=O)n(C)c(=O)c1C. The molecule has 0 fully saturated rings. The molecule has 0 spiro atoms. The summed E-state index contributed by atoms with van der Waals surface area (Å²) < 4.78 is 8.29. The Labute approximate surface area is 140 Å². The highest BCUT2D eigenvalue weighted by Gasteiger charge is 2.14. The Morgan fingerprint density at radius 2 is 1.96 bits per heavy atom. The number of pyridine rings is 2. The first kappa shape index (κ1) is 18.0. The van der Waals surface area contributed by atoms with Crippen LogP contribution in [0.25, 0.3) is 0 Å². The Hall–Kier alpha value is -2.34. The maximum atomic E-state index is 12.2. The Morgan fingerprint density at radius 3 is 2.62 bits per heavy atom. The molecular formula is C18H24N2O4. The molecule has 0 saturated carbocycles. The zero-order valence-corrected chi connectivity index (χ0v) is 14.6. The Bertz CT molecular complexity index is 836. The van der Waals surface area contributed by atoms with Crippen molar-refractivity contribution >= 4 is 0 Å². The number of hydrogen-bond donors (Lipinski definition) is 1. The van der Waals surface area contributed by atoms with Gasteiger partial charge < -0.3 is 19.0 Å². The highest BCUT2D eigenvalue weighted by Crippen LogP contribution is 2.19. The van der Waals surface area contributed by atoms with Crippen molar-refractivity contribution in [2.45, 2.75) is 32.3 Å². The van der Waals surface area contributed by atoms with Crippen molar-refractivity contribution in [3.8, 4) is 5.75 Å². The minimum absolute atomic E-state index is 0.0816. The summed E-state index contributed by atoms with van der Waals surface area (Å²) in [6, 6.07) is 5.25. The van der Waals surface area contributed by atoms with Gasteiger partial charge >= 0.3 is 0 Å². The summed E-state index contributed by atoms with van der Waals surface area (Å²) in [4.78, 5) is 24.2. The summed E-state index contributed by atoms with van der Waals surface area (Å²) in [5.74, 6) is 0.575. The van der Waals surface area contributed by atoms with E-state index >= 15 is 0 Å². The van der Waals surface area contributed by atoms with Gasteiger partial charge in [0.2, 0.25) is 0 Å². The minimum atomic E-state index is -0.811. The Balaban J connectivity index is 2.09. The number of ether oxygens (including phenoxy) is 1. The lowest BCUT2D eigenvalue weighted by atomic mass is 10.0. The van der Waals surface area contributed by atoms with Crippen molar-refractivity contribution in [2.24, 2.45) is 14.1 Å². The van der Waals surface area contributed by atoms with E-state index in [-0.39, 0.29) is 11.1 Å². The maximum absolute atomic E-state index is 12.2. The minimum Gasteiger partial charge on any atom is -0.496 e. The third kappa shape index (κ3) is 3.59. The number of nitrogens with zero attached hydrogens (tertiary/aromatic N) is 2. The zero-order valence-electron chi connectivity index (χ0n) is 14.6. The van der Waals surface area contributed by atoms with Gasteiger partial charge in [0.25, 0.3) is 11.1 Å². The molecule has 0 aliphatic rings. The van der Waals surface area contributed by atoms with E-state index in [2.05, 4.69) is 0 Å². The normalized spacial score (nSPS) is 12.2. The van der Waals surface area contributed by atoms with Gasteiger partial charge in [0.05, 0.1) is 18.8 Å². The molecule has 6 nitrogen and oxygen atoms in total. The molecule has 0 radical (unpaired) electrons. The van der Waals surface area contributed by atoms with Crippen LogP contribution in [-0.2, 0) is 20.5 Å². The molecule has 0 aliphatic carbocycles. The van der Waals surface area contributed by atoms with Gasteiger partial charge in [-0.05, 0) is 38.3 Å². The van der Waals surface area contributed by atoms with Crippen LogP contribution in [-0.4, -0.2) is 21.4 Å². The standard InChI is InChI=1S/C18H24N2O4/c1-12-16(24-4)11-13(20(3)17(12)22)7-5-9-15(21)14-8-6-10-19(2)18(14)23/h6,8,10-11,15,21H,5,7,9H2,1-4H3. The Kier molecular flexibility index (Phi) is 5.62. The first-order chi connectivity index (χ1) is 11.4. The van der Waals surface area contributed by atoms with Crippen LogP contribution in [0.4, 0.5) is 0 Å². The van der Waals surface area contributed by atoms with Crippen LogP contribution in [0.3, 0.4) is 0 Å². The third-order valence-corrected chi connectivity index (χ3v) is 4.37. The highest BCUT2D eigenvalue weighted by molar-refractivity contribution is 5.32. The fourth-order valence-electron chi connectivity index (χ4n) is 2.80. The lowest BCUT2D eigenvalue weighted by Crippen LogP contribution is -2.24. The van der Waals surface area contributed by atoms with E-state index in [4.69, 9.17) is 4.74 Å². The van der Waals surface area contributed by atoms with E-state index < -0.39 is 6.10 Å². The van der Waals surface area contributed by atoms with Gasteiger partial charge in [-0.1, -0.05) is 0 Å². The van der Waals surface area contributed by atoms with Crippen LogP contribution in [0.1, 0.15) is 35.8 Å². The number of aliphatic hydroxyl groups excluding tert-OH is 1.